The Kier molecular flexibility index (Phi) is 2.44. The van der Waals surface area contributed by atoms with Crippen LogP contribution in [0.5, 0.6) is 0 Å². The number of aliphatic hydroxyl groups excluding tert-OH is 1. The van der Waals surface area contributed by atoms with Gasteiger partial charge in [0.05, 0.1) is 12.6 Å². The quantitative estimate of drug-likeness (QED) is 0.839. The summed E-state index contributed by atoms with van der Waals surface area (Å²) in [4.78, 5) is 1.99. The molecule has 90 valence electrons. The van der Waals surface area contributed by atoms with Crippen molar-refractivity contribution < 1.29 is 9.50 Å². The molecule has 0 radical (unpaired) electrons. The Bertz CT molecular complexity index is 541. The molecule has 1 atom stereocenters. The third kappa shape index (κ3) is 1.64. The first-order valence-electron chi connectivity index (χ1n) is 5.67. The molecule has 1 aliphatic rings. The van der Waals surface area contributed by atoms with Crippen LogP contribution in [0.3, 0.4) is 0 Å². The number of hydrogen-bond donors (Lipinski definition) is 1. The predicted octanol–water partition coefficient (Wildman–Crippen LogP) is 0.829. The van der Waals surface area contributed by atoms with E-state index in [9.17, 15) is 9.50 Å². The van der Waals surface area contributed by atoms with E-state index in [-0.39, 0.29) is 18.5 Å². The number of pyridine rings is 1. The molecule has 0 amide bonds. The average molecular weight is 236 g/mol. The summed E-state index contributed by atoms with van der Waals surface area (Å²) in [5.74, 6) is 0.286. The minimum absolute atomic E-state index is 0.0608. The second kappa shape index (κ2) is 3.96. The van der Waals surface area contributed by atoms with Crippen LogP contribution >= 0.6 is 0 Å². The fraction of sp³-hybridized carbons (Fsp3) is 0.455. The summed E-state index contributed by atoms with van der Waals surface area (Å²) < 4.78 is 14.8. The van der Waals surface area contributed by atoms with E-state index in [4.69, 9.17) is 0 Å². The van der Waals surface area contributed by atoms with Crippen molar-refractivity contribution in [1.82, 2.24) is 14.6 Å². The van der Waals surface area contributed by atoms with Gasteiger partial charge in [0.25, 0.3) is 0 Å². The van der Waals surface area contributed by atoms with Gasteiger partial charge in [-0.25, -0.2) is 4.39 Å². The monoisotopic (exact) mass is 236 g/mol. The number of nitrogens with zero attached hydrogens (tertiary/aromatic N) is 4. The van der Waals surface area contributed by atoms with E-state index >= 15 is 0 Å². The fourth-order valence-electron chi connectivity index (χ4n) is 2.34. The van der Waals surface area contributed by atoms with Crippen molar-refractivity contribution in [2.24, 2.45) is 0 Å². The summed E-state index contributed by atoms with van der Waals surface area (Å²) in [6.45, 7) is 0.909. The molecule has 3 heterocycles. The Morgan fingerprint density at radius 1 is 1.41 bits per heavy atom. The molecular weight excluding hydrogens is 223 g/mol. The lowest BCUT2D eigenvalue weighted by Gasteiger charge is -2.22. The second-order valence-electron chi connectivity index (χ2n) is 4.25. The van der Waals surface area contributed by atoms with E-state index in [0.717, 1.165) is 19.4 Å². The first-order valence-corrected chi connectivity index (χ1v) is 5.67. The van der Waals surface area contributed by atoms with Gasteiger partial charge >= 0.3 is 0 Å². The Hall–Kier alpha value is -1.69. The van der Waals surface area contributed by atoms with Crippen LogP contribution in [0.25, 0.3) is 5.65 Å². The third-order valence-corrected chi connectivity index (χ3v) is 3.19. The van der Waals surface area contributed by atoms with E-state index in [0.29, 0.717) is 11.6 Å². The zero-order valence-corrected chi connectivity index (χ0v) is 9.25. The highest BCUT2D eigenvalue weighted by Crippen LogP contribution is 2.24. The van der Waals surface area contributed by atoms with Crippen LogP contribution in [-0.4, -0.2) is 38.9 Å². The molecule has 1 saturated heterocycles. The van der Waals surface area contributed by atoms with Gasteiger partial charge < -0.3 is 10.0 Å². The average Bonchev–Trinajstić information content (AvgIpc) is 2.93. The van der Waals surface area contributed by atoms with Gasteiger partial charge in [0.1, 0.15) is 5.82 Å². The summed E-state index contributed by atoms with van der Waals surface area (Å²) >= 11 is 0. The molecule has 1 aliphatic heterocycles. The molecule has 0 bridgehead atoms. The maximum absolute atomic E-state index is 13.2. The van der Waals surface area contributed by atoms with Crippen LogP contribution in [-0.2, 0) is 0 Å². The lowest BCUT2D eigenvalue weighted by atomic mass is 10.2. The van der Waals surface area contributed by atoms with Gasteiger partial charge in [-0.15, -0.1) is 10.2 Å². The van der Waals surface area contributed by atoms with Crippen molar-refractivity contribution >= 4 is 11.6 Å². The highest BCUT2D eigenvalue weighted by molar-refractivity contribution is 5.47. The van der Waals surface area contributed by atoms with Crippen molar-refractivity contribution in [3.8, 4) is 0 Å². The van der Waals surface area contributed by atoms with Gasteiger partial charge in [0.2, 0.25) is 5.95 Å². The topological polar surface area (TPSA) is 53.7 Å². The molecule has 17 heavy (non-hydrogen) atoms. The van der Waals surface area contributed by atoms with Crippen LogP contribution < -0.4 is 4.90 Å². The molecule has 1 N–H and O–H groups in total. The largest absolute Gasteiger partial charge is 0.394 e. The molecule has 6 heteroatoms. The molecule has 0 spiro atoms. The van der Waals surface area contributed by atoms with Gasteiger partial charge in [-0.1, -0.05) is 0 Å². The van der Waals surface area contributed by atoms with Crippen LogP contribution in [0.4, 0.5) is 10.3 Å². The zero-order valence-electron chi connectivity index (χ0n) is 9.25. The molecule has 2 aromatic heterocycles. The van der Waals surface area contributed by atoms with Crippen LogP contribution in [0, 0.1) is 5.82 Å². The maximum atomic E-state index is 13.2. The number of aliphatic hydroxyl groups is 1. The highest BCUT2D eigenvalue weighted by atomic mass is 19.1. The van der Waals surface area contributed by atoms with Crippen molar-refractivity contribution in [1.29, 1.82) is 0 Å². The highest BCUT2D eigenvalue weighted by Gasteiger charge is 2.27. The number of halogens is 1. The Morgan fingerprint density at radius 2 is 2.29 bits per heavy atom. The van der Waals surface area contributed by atoms with Crippen LogP contribution in [0.15, 0.2) is 18.3 Å². The van der Waals surface area contributed by atoms with Gasteiger partial charge in [0, 0.05) is 12.7 Å². The van der Waals surface area contributed by atoms with E-state index in [1.54, 1.807) is 10.5 Å². The smallest absolute Gasteiger partial charge is 0.232 e. The standard InChI is InChI=1S/C11H13FN4O/c12-8-3-4-10-13-14-11(16(10)6-8)15-5-1-2-9(15)7-17/h3-4,6,9,17H,1-2,5,7H2/t9-/m0/s1. The van der Waals surface area contributed by atoms with Crippen molar-refractivity contribution in [3.63, 3.8) is 0 Å². The number of fused-ring (bicyclic) bond motifs is 1. The summed E-state index contributed by atoms with van der Waals surface area (Å²) in [7, 11) is 0. The van der Waals surface area contributed by atoms with Crippen LogP contribution in [0.2, 0.25) is 0 Å². The maximum Gasteiger partial charge on any atom is 0.232 e. The number of rotatable bonds is 2. The minimum atomic E-state index is -0.321. The number of aromatic nitrogens is 3. The molecule has 0 saturated carbocycles. The van der Waals surface area contributed by atoms with Gasteiger partial charge in [-0.3, -0.25) is 4.40 Å². The number of anilines is 1. The lowest BCUT2D eigenvalue weighted by molar-refractivity contribution is 0.265. The fourth-order valence-corrected chi connectivity index (χ4v) is 2.34. The molecule has 0 unspecified atom stereocenters. The second-order valence-corrected chi connectivity index (χ2v) is 4.25. The summed E-state index contributed by atoms with van der Waals surface area (Å²) in [5.41, 5.74) is 0.616. The molecule has 0 aromatic carbocycles. The summed E-state index contributed by atoms with van der Waals surface area (Å²) in [6, 6.07) is 3.02. The molecule has 0 aliphatic carbocycles. The summed E-state index contributed by atoms with van der Waals surface area (Å²) in [5, 5.41) is 17.4. The Morgan fingerprint density at radius 3 is 3.12 bits per heavy atom. The first-order chi connectivity index (χ1) is 8.29. The number of hydrogen-bond acceptors (Lipinski definition) is 4. The molecule has 2 aromatic rings. The van der Waals surface area contributed by atoms with Crippen molar-refractivity contribution in [2.75, 3.05) is 18.1 Å². The SMILES string of the molecule is OC[C@@H]1CCCN1c1nnc2ccc(F)cn12. The molecule has 5 nitrogen and oxygen atoms in total. The third-order valence-electron chi connectivity index (χ3n) is 3.19. The van der Waals surface area contributed by atoms with Gasteiger partial charge in [-0.2, -0.15) is 0 Å². The molecule has 3 rings (SSSR count). The minimum Gasteiger partial charge on any atom is -0.394 e. The predicted molar refractivity (Wildman–Crippen MR) is 60.4 cm³/mol. The van der Waals surface area contributed by atoms with Gasteiger partial charge in [-0.05, 0) is 25.0 Å². The van der Waals surface area contributed by atoms with E-state index in [1.165, 1.54) is 12.3 Å². The first kappa shape index (κ1) is 10.5. The Labute approximate surface area is 97.5 Å². The van der Waals surface area contributed by atoms with Crippen molar-refractivity contribution in [2.45, 2.75) is 18.9 Å². The Balaban J connectivity index is 2.07. The normalized spacial score (nSPS) is 20.4. The molecular formula is C11H13FN4O. The zero-order chi connectivity index (χ0) is 11.8. The van der Waals surface area contributed by atoms with E-state index in [2.05, 4.69) is 10.2 Å². The van der Waals surface area contributed by atoms with E-state index in [1.807, 2.05) is 4.90 Å². The summed E-state index contributed by atoms with van der Waals surface area (Å²) in [6.07, 6.45) is 3.31. The van der Waals surface area contributed by atoms with Crippen molar-refractivity contribution in [3.05, 3.63) is 24.1 Å². The van der Waals surface area contributed by atoms with Gasteiger partial charge in [0.15, 0.2) is 5.65 Å². The van der Waals surface area contributed by atoms with Crippen LogP contribution in [0.1, 0.15) is 12.8 Å². The lowest BCUT2D eigenvalue weighted by Crippen LogP contribution is -2.33. The van der Waals surface area contributed by atoms with E-state index < -0.39 is 0 Å². The molecule has 1 fully saturated rings.